The Hall–Kier alpha value is -1.24. The maximum atomic E-state index is 4.30. The minimum atomic E-state index is 0.692. The van der Waals surface area contributed by atoms with E-state index in [0.29, 0.717) is 5.92 Å². The third-order valence-corrected chi connectivity index (χ3v) is 4.63. The third-order valence-electron chi connectivity index (χ3n) is 3.89. The molecular weight excluding hydrogens is 282 g/mol. The molecule has 3 heterocycles. The second kappa shape index (κ2) is 7.15. The monoisotopic (exact) mass is 305 g/mol. The van der Waals surface area contributed by atoms with Crippen LogP contribution in [-0.4, -0.2) is 40.0 Å². The van der Waals surface area contributed by atoms with Gasteiger partial charge in [0.1, 0.15) is 0 Å². The van der Waals surface area contributed by atoms with Crippen LogP contribution in [-0.2, 0) is 19.6 Å². The van der Waals surface area contributed by atoms with E-state index in [4.69, 9.17) is 0 Å². The van der Waals surface area contributed by atoms with Gasteiger partial charge in [-0.3, -0.25) is 9.58 Å². The van der Waals surface area contributed by atoms with Crippen molar-refractivity contribution in [2.45, 2.75) is 32.5 Å². The quantitative estimate of drug-likeness (QED) is 0.886. The first-order chi connectivity index (χ1) is 10.3. The molecule has 0 aliphatic carbocycles. The molecule has 0 saturated carbocycles. The molecule has 1 N–H and O–H groups in total. The molecule has 3 rings (SSSR count). The van der Waals surface area contributed by atoms with Crippen LogP contribution in [0.3, 0.4) is 0 Å². The van der Waals surface area contributed by atoms with E-state index >= 15 is 0 Å². The van der Waals surface area contributed by atoms with Crippen molar-refractivity contribution in [3.63, 3.8) is 0 Å². The Kier molecular flexibility index (Phi) is 5.00. The van der Waals surface area contributed by atoms with Gasteiger partial charge in [0.15, 0.2) is 0 Å². The third kappa shape index (κ3) is 4.36. The molecule has 0 amide bonds. The molecule has 2 aromatic rings. The molecule has 21 heavy (non-hydrogen) atoms. The summed E-state index contributed by atoms with van der Waals surface area (Å²) in [5.41, 5.74) is 2.42. The summed E-state index contributed by atoms with van der Waals surface area (Å²) in [6.07, 6.45) is 4.66. The summed E-state index contributed by atoms with van der Waals surface area (Å²) in [5.74, 6) is 0.692. The average molecular weight is 305 g/mol. The summed E-state index contributed by atoms with van der Waals surface area (Å²) >= 11 is 1.75. The summed E-state index contributed by atoms with van der Waals surface area (Å²) in [6, 6.07) is 2.17. The summed E-state index contributed by atoms with van der Waals surface area (Å²) < 4.78 is 2.01. The number of nitrogens with one attached hydrogen (secondary N) is 1. The Morgan fingerprint density at radius 3 is 3.19 bits per heavy atom. The van der Waals surface area contributed by atoms with Crippen molar-refractivity contribution in [2.75, 3.05) is 20.1 Å². The zero-order valence-electron chi connectivity index (χ0n) is 12.5. The van der Waals surface area contributed by atoms with Crippen LogP contribution in [0.5, 0.6) is 0 Å². The van der Waals surface area contributed by atoms with Crippen molar-refractivity contribution in [3.8, 4) is 0 Å². The molecule has 5 nitrogen and oxygen atoms in total. The van der Waals surface area contributed by atoms with E-state index in [-0.39, 0.29) is 0 Å². The van der Waals surface area contributed by atoms with Crippen LogP contribution >= 0.6 is 11.3 Å². The average Bonchev–Trinajstić information content (AvgIpc) is 3.12. The van der Waals surface area contributed by atoms with Gasteiger partial charge < -0.3 is 5.32 Å². The second-order valence-corrected chi connectivity index (χ2v) is 6.73. The highest BCUT2D eigenvalue weighted by atomic mass is 32.1. The van der Waals surface area contributed by atoms with Crippen LogP contribution in [0, 0.1) is 5.92 Å². The number of rotatable bonds is 6. The molecule has 6 heteroatoms. The van der Waals surface area contributed by atoms with Crippen LogP contribution in [0.15, 0.2) is 23.0 Å². The van der Waals surface area contributed by atoms with Gasteiger partial charge in [-0.05, 0) is 61.3 Å². The summed E-state index contributed by atoms with van der Waals surface area (Å²) in [7, 11) is 2.13. The molecule has 0 aromatic carbocycles. The normalized spacial score (nSPS) is 19.2. The fourth-order valence-electron chi connectivity index (χ4n) is 2.87. The van der Waals surface area contributed by atoms with Crippen LogP contribution in [0.1, 0.15) is 24.1 Å². The van der Waals surface area contributed by atoms with Crippen molar-refractivity contribution in [3.05, 3.63) is 34.3 Å². The lowest BCUT2D eigenvalue weighted by Crippen LogP contribution is -2.32. The van der Waals surface area contributed by atoms with Crippen molar-refractivity contribution in [1.82, 2.24) is 25.2 Å². The molecule has 1 atom stereocenters. The van der Waals surface area contributed by atoms with E-state index < -0.39 is 0 Å². The lowest BCUT2D eigenvalue weighted by Gasteiger charge is -2.22. The molecule has 1 fully saturated rings. The molecule has 1 aliphatic rings. The van der Waals surface area contributed by atoms with Gasteiger partial charge in [0.05, 0.1) is 5.69 Å². The second-order valence-electron chi connectivity index (χ2n) is 5.95. The van der Waals surface area contributed by atoms with Gasteiger partial charge in [0.2, 0.25) is 0 Å². The Morgan fingerprint density at radius 2 is 2.43 bits per heavy atom. The number of piperidine rings is 1. The Bertz CT molecular complexity index is 530. The molecule has 2 aromatic heterocycles. The summed E-state index contributed by atoms with van der Waals surface area (Å²) in [5, 5.41) is 16.3. The standard InChI is InChI=1S/C15H23N5S/c1-19(8-14-4-6-21-12-14)10-15-11-20(18-17-15)9-13-3-2-5-16-7-13/h4,6,11-13,16H,2-3,5,7-10H2,1H3. The number of thiophene rings is 1. The highest BCUT2D eigenvalue weighted by Gasteiger charge is 2.14. The SMILES string of the molecule is CN(Cc1ccsc1)Cc1cn(CC2CCCNC2)nn1. The highest BCUT2D eigenvalue weighted by molar-refractivity contribution is 7.07. The van der Waals surface area contributed by atoms with Crippen molar-refractivity contribution < 1.29 is 0 Å². The maximum absolute atomic E-state index is 4.30. The van der Waals surface area contributed by atoms with Crippen LogP contribution in [0.2, 0.25) is 0 Å². The Labute approximate surface area is 130 Å². The summed E-state index contributed by atoms with van der Waals surface area (Å²) in [4.78, 5) is 2.28. The predicted octanol–water partition coefficient (Wildman–Crippen LogP) is 1.97. The Morgan fingerprint density at radius 1 is 1.48 bits per heavy atom. The van der Waals surface area contributed by atoms with Crippen molar-refractivity contribution in [2.24, 2.45) is 5.92 Å². The predicted molar refractivity (Wildman–Crippen MR) is 85.1 cm³/mol. The molecule has 0 spiro atoms. The van der Waals surface area contributed by atoms with E-state index in [0.717, 1.165) is 38.4 Å². The Balaban J connectivity index is 1.49. The van der Waals surface area contributed by atoms with Gasteiger partial charge in [-0.2, -0.15) is 11.3 Å². The van der Waals surface area contributed by atoms with E-state index in [9.17, 15) is 0 Å². The number of nitrogens with zero attached hydrogens (tertiary/aromatic N) is 4. The van der Waals surface area contributed by atoms with Crippen LogP contribution in [0.4, 0.5) is 0 Å². The van der Waals surface area contributed by atoms with E-state index in [1.54, 1.807) is 11.3 Å². The van der Waals surface area contributed by atoms with Gasteiger partial charge in [0.25, 0.3) is 0 Å². The molecule has 1 aliphatic heterocycles. The first kappa shape index (κ1) is 14.7. The zero-order valence-corrected chi connectivity index (χ0v) is 13.4. The molecule has 0 bridgehead atoms. The number of aromatic nitrogens is 3. The largest absolute Gasteiger partial charge is 0.316 e. The molecule has 1 unspecified atom stereocenters. The molecule has 114 valence electrons. The number of hydrogen-bond acceptors (Lipinski definition) is 5. The first-order valence-corrected chi connectivity index (χ1v) is 8.53. The number of hydrogen-bond donors (Lipinski definition) is 1. The lowest BCUT2D eigenvalue weighted by atomic mass is 10.00. The van der Waals surface area contributed by atoms with Gasteiger partial charge in [-0.1, -0.05) is 5.21 Å². The maximum Gasteiger partial charge on any atom is 0.0967 e. The smallest absolute Gasteiger partial charge is 0.0967 e. The highest BCUT2D eigenvalue weighted by Crippen LogP contribution is 2.13. The first-order valence-electron chi connectivity index (χ1n) is 7.59. The minimum Gasteiger partial charge on any atom is -0.316 e. The van der Waals surface area contributed by atoms with Crippen molar-refractivity contribution in [1.29, 1.82) is 0 Å². The topological polar surface area (TPSA) is 46.0 Å². The molecule has 1 saturated heterocycles. The molecular formula is C15H23N5S. The van der Waals surface area contributed by atoms with Gasteiger partial charge in [0, 0.05) is 25.8 Å². The fourth-order valence-corrected chi connectivity index (χ4v) is 3.53. The van der Waals surface area contributed by atoms with Gasteiger partial charge in [-0.15, -0.1) is 5.10 Å². The molecule has 0 radical (unpaired) electrons. The van der Waals surface area contributed by atoms with Crippen LogP contribution in [0.25, 0.3) is 0 Å². The van der Waals surface area contributed by atoms with Gasteiger partial charge in [-0.25, -0.2) is 0 Å². The summed E-state index contributed by atoms with van der Waals surface area (Å²) in [6.45, 7) is 5.05. The fraction of sp³-hybridized carbons (Fsp3) is 0.600. The minimum absolute atomic E-state index is 0.692. The zero-order chi connectivity index (χ0) is 14.5. The van der Waals surface area contributed by atoms with E-state index in [2.05, 4.69) is 50.6 Å². The lowest BCUT2D eigenvalue weighted by molar-refractivity contribution is 0.315. The van der Waals surface area contributed by atoms with Gasteiger partial charge >= 0.3 is 0 Å². The van der Waals surface area contributed by atoms with E-state index in [1.807, 2.05) is 4.68 Å². The van der Waals surface area contributed by atoms with Crippen LogP contribution < -0.4 is 5.32 Å². The van der Waals surface area contributed by atoms with Crippen molar-refractivity contribution >= 4 is 11.3 Å². The van der Waals surface area contributed by atoms with E-state index in [1.165, 1.54) is 18.4 Å².